The van der Waals surface area contributed by atoms with E-state index in [0.717, 1.165) is 37.4 Å². The van der Waals surface area contributed by atoms with Crippen LogP contribution in [0.5, 0.6) is 0 Å². The number of hydrogen-bond acceptors (Lipinski definition) is 3. The summed E-state index contributed by atoms with van der Waals surface area (Å²) in [5, 5.41) is 4.39. The molecule has 1 aliphatic heterocycles. The summed E-state index contributed by atoms with van der Waals surface area (Å²) in [6.45, 7) is 5.51. The van der Waals surface area contributed by atoms with E-state index in [9.17, 15) is 4.79 Å². The van der Waals surface area contributed by atoms with Gasteiger partial charge in [0.2, 0.25) is 5.91 Å². The van der Waals surface area contributed by atoms with Gasteiger partial charge in [-0.25, -0.2) is 0 Å². The molecule has 0 atom stereocenters. The number of piperidine rings is 1. The Bertz CT molecular complexity index is 505. The first kappa shape index (κ1) is 17.9. The van der Waals surface area contributed by atoms with Crippen LogP contribution in [0.1, 0.15) is 26.2 Å². The largest absolute Gasteiger partial charge is 0.353 e. The lowest BCUT2D eigenvalue weighted by Crippen LogP contribution is -2.45. The van der Waals surface area contributed by atoms with Crippen LogP contribution < -0.4 is 5.32 Å². The van der Waals surface area contributed by atoms with Gasteiger partial charge in [0.15, 0.2) is 0 Å². The Morgan fingerprint density at radius 1 is 1.36 bits per heavy atom. The van der Waals surface area contributed by atoms with Crippen molar-refractivity contribution in [1.82, 2.24) is 10.2 Å². The molecule has 0 bridgehead atoms. The molecule has 3 nitrogen and oxygen atoms in total. The van der Waals surface area contributed by atoms with E-state index in [-0.39, 0.29) is 5.91 Å². The number of benzene rings is 1. The zero-order valence-electron chi connectivity index (χ0n) is 12.8. The SMILES string of the molecule is CCCN1CCC(NC(=O)CSc2cc(Cl)ccc2Cl)CC1. The Morgan fingerprint density at radius 3 is 2.77 bits per heavy atom. The van der Waals surface area contributed by atoms with Crippen molar-refractivity contribution in [1.29, 1.82) is 0 Å². The van der Waals surface area contributed by atoms with Gasteiger partial charge < -0.3 is 10.2 Å². The van der Waals surface area contributed by atoms with E-state index >= 15 is 0 Å². The van der Waals surface area contributed by atoms with Crippen LogP contribution in [-0.2, 0) is 4.79 Å². The summed E-state index contributed by atoms with van der Waals surface area (Å²) in [6, 6.07) is 5.60. The molecule has 22 heavy (non-hydrogen) atoms. The minimum atomic E-state index is 0.0648. The van der Waals surface area contributed by atoms with Crippen molar-refractivity contribution in [3.05, 3.63) is 28.2 Å². The predicted molar refractivity (Wildman–Crippen MR) is 95.1 cm³/mol. The molecular weight excluding hydrogens is 339 g/mol. The second kappa shape index (κ2) is 9.02. The third-order valence-electron chi connectivity index (χ3n) is 3.74. The van der Waals surface area contributed by atoms with Crippen LogP contribution in [0.3, 0.4) is 0 Å². The van der Waals surface area contributed by atoms with Gasteiger partial charge in [0.25, 0.3) is 0 Å². The Hall–Kier alpha value is -0.420. The Labute approximate surface area is 146 Å². The van der Waals surface area contributed by atoms with Crippen LogP contribution in [0.15, 0.2) is 23.1 Å². The topological polar surface area (TPSA) is 32.3 Å². The molecule has 2 rings (SSSR count). The van der Waals surface area contributed by atoms with E-state index in [1.807, 2.05) is 0 Å². The first-order valence-electron chi connectivity index (χ1n) is 7.68. The fourth-order valence-corrected chi connectivity index (χ4v) is 3.92. The van der Waals surface area contributed by atoms with Crippen molar-refractivity contribution >= 4 is 40.9 Å². The minimum absolute atomic E-state index is 0.0648. The number of halogens is 2. The van der Waals surface area contributed by atoms with Gasteiger partial charge in [0, 0.05) is 29.0 Å². The molecule has 1 amide bonds. The monoisotopic (exact) mass is 360 g/mol. The summed E-state index contributed by atoms with van der Waals surface area (Å²) < 4.78 is 0. The number of nitrogens with one attached hydrogen (secondary N) is 1. The van der Waals surface area contributed by atoms with Crippen LogP contribution in [-0.4, -0.2) is 42.2 Å². The van der Waals surface area contributed by atoms with E-state index in [0.29, 0.717) is 21.8 Å². The molecule has 1 heterocycles. The number of rotatable bonds is 6. The van der Waals surface area contributed by atoms with Gasteiger partial charge in [-0.15, -0.1) is 11.8 Å². The maximum atomic E-state index is 12.1. The summed E-state index contributed by atoms with van der Waals surface area (Å²) in [6.07, 6.45) is 3.26. The van der Waals surface area contributed by atoms with Gasteiger partial charge in [-0.1, -0.05) is 30.1 Å². The van der Waals surface area contributed by atoms with Gasteiger partial charge in [0.05, 0.1) is 10.8 Å². The number of amides is 1. The number of thioether (sulfide) groups is 1. The van der Waals surface area contributed by atoms with Crippen molar-refractivity contribution in [2.75, 3.05) is 25.4 Å². The number of nitrogens with zero attached hydrogens (tertiary/aromatic N) is 1. The third kappa shape index (κ3) is 5.65. The molecule has 1 N–H and O–H groups in total. The Morgan fingerprint density at radius 2 is 2.09 bits per heavy atom. The van der Waals surface area contributed by atoms with Crippen LogP contribution in [0.2, 0.25) is 10.0 Å². The maximum Gasteiger partial charge on any atom is 0.230 e. The summed E-state index contributed by atoms with van der Waals surface area (Å²) in [4.78, 5) is 15.4. The van der Waals surface area contributed by atoms with Gasteiger partial charge in [-0.2, -0.15) is 0 Å². The number of hydrogen-bond donors (Lipinski definition) is 1. The average molecular weight is 361 g/mol. The Balaban J connectivity index is 1.73. The molecule has 0 unspecified atom stereocenters. The molecule has 122 valence electrons. The molecule has 0 spiro atoms. The normalized spacial score (nSPS) is 16.7. The van der Waals surface area contributed by atoms with Crippen molar-refractivity contribution in [2.45, 2.75) is 37.1 Å². The molecule has 1 fully saturated rings. The first-order chi connectivity index (χ1) is 10.6. The van der Waals surface area contributed by atoms with Crippen LogP contribution in [0.4, 0.5) is 0 Å². The lowest BCUT2D eigenvalue weighted by molar-refractivity contribution is -0.119. The van der Waals surface area contributed by atoms with E-state index in [1.54, 1.807) is 18.2 Å². The molecule has 1 aliphatic rings. The summed E-state index contributed by atoms with van der Waals surface area (Å²) >= 11 is 13.5. The van der Waals surface area contributed by atoms with Crippen molar-refractivity contribution in [3.63, 3.8) is 0 Å². The number of carbonyl (C=O) groups excluding carboxylic acids is 1. The fourth-order valence-electron chi connectivity index (χ4n) is 2.62. The summed E-state index contributed by atoms with van der Waals surface area (Å²) in [7, 11) is 0. The predicted octanol–water partition coefficient (Wildman–Crippen LogP) is 4.08. The molecular formula is C16H22Cl2N2OS. The fraction of sp³-hybridized carbons (Fsp3) is 0.562. The molecule has 0 aliphatic carbocycles. The van der Waals surface area contributed by atoms with Gasteiger partial charge >= 0.3 is 0 Å². The number of carbonyl (C=O) groups is 1. The number of likely N-dealkylation sites (tertiary alicyclic amines) is 1. The highest BCUT2D eigenvalue weighted by Crippen LogP contribution is 2.29. The van der Waals surface area contributed by atoms with Gasteiger partial charge in [0.1, 0.15) is 0 Å². The smallest absolute Gasteiger partial charge is 0.230 e. The van der Waals surface area contributed by atoms with E-state index in [1.165, 1.54) is 18.2 Å². The van der Waals surface area contributed by atoms with Crippen molar-refractivity contribution in [3.8, 4) is 0 Å². The Kier molecular flexibility index (Phi) is 7.35. The second-order valence-corrected chi connectivity index (χ2v) is 7.41. The lowest BCUT2D eigenvalue weighted by atomic mass is 10.1. The van der Waals surface area contributed by atoms with Gasteiger partial charge in [-0.3, -0.25) is 4.79 Å². The zero-order chi connectivity index (χ0) is 15.9. The van der Waals surface area contributed by atoms with Gasteiger partial charge in [-0.05, 0) is 44.0 Å². The molecule has 0 aromatic heterocycles. The molecule has 1 aromatic carbocycles. The molecule has 0 saturated carbocycles. The molecule has 1 aromatic rings. The summed E-state index contributed by atoms with van der Waals surface area (Å²) in [5.41, 5.74) is 0. The quantitative estimate of drug-likeness (QED) is 0.775. The van der Waals surface area contributed by atoms with Crippen molar-refractivity contribution in [2.24, 2.45) is 0 Å². The highest BCUT2D eigenvalue weighted by molar-refractivity contribution is 8.00. The molecule has 1 saturated heterocycles. The minimum Gasteiger partial charge on any atom is -0.353 e. The highest BCUT2D eigenvalue weighted by Gasteiger charge is 2.20. The van der Waals surface area contributed by atoms with E-state index in [4.69, 9.17) is 23.2 Å². The van der Waals surface area contributed by atoms with Crippen molar-refractivity contribution < 1.29 is 4.79 Å². The third-order valence-corrected chi connectivity index (χ3v) is 5.48. The van der Waals surface area contributed by atoms with E-state index in [2.05, 4.69) is 17.1 Å². The lowest BCUT2D eigenvalue weighted by Gasteiger charge is -2.32. The maximum absolute atomic E-state index is 12.1. The van der Waals surface area contributed by atoms with Crippen LogP contribution >= 0.6 is 35.0 Å². The van der Waals surface area contributed by atoms with E-state index < -0.39 is 0 Å². The molecule has 0 radical (unpaired) electrons. The first-order valence-corrected chi connectivity index (χ1v) is 9.42. The summed E-state index contributed by atoms with van der Waals surface area (Å²) in [5.74, 6) is 0.435. The molecule has 6 heteroatoms. The second-order valence-electron chi connectivity index (χ2n) is 5.55. The highest BCUT2D eigenvalue weighted by atomic mass is 35.5. The average Bonchev–Trinajstić information content (AvgIpc) is 2.50. The zero-order valence-corrected chi connectivity index (χ0v) is 15.1. The van der Waals surface area contributed by atoms with Crippen LogP contribution in [0.25, 0.3) is 0 Å². The standard InChI is InChI=1S/C16H22Cl2N2OS/c1-2-7-20-8-5-13(6-9-20)19-16(21)11-22-15-10-12(17)3-4-14(15)18/h3-4,10,13H,2,5-9,11H2,1H3,(H,19,21). The van der Waals surface area contributed by atoms with Crippen LogP contribution in [0, 0.1) is 0 Å².